The Hall–Kier alpha value is -4.72. The van der Waals surface area contributed by atoms with Gasteiger partial charge in [0.2, 0.25) is 0 Å². The Kier molecular flexibility index (Phi) is 7.54. The highest BCUT2D eigenvalue weighted by Gasteiger charge is 2.28. The molecular weight excluding hydrogens is 492 g/mol. The molecule has 2 heterocycles. The monoisotopic (exact) mass is 524 g/mol. The number of amides is 3. The molecule has 5 rings (SSSR count). The maximum Gasteiger partial charge on any atom is 0.322 e. The number of urea groups is 1. The van der Waals surface area contributed by atoms with Crippen molar-refractivity contribution in [2.75, 3.05) is 45.7 Å². The fourth-order valence-electron chi connectivity index (χ4n) is 4.95. The maximum atomic E-state index is 13.8. The molecule has 39 heavy (non-hydrogen) atoms. The second-order valence-electron chi connectivity index (χ2n) is 9.34. The lowest BCUT2D eigenvalue weighted by atomic mass is 10.1. The predicted octanol–water partition coefficient (Wildman–Crippen LogP) is 5.46. The van der Waals surface area contributed by atoms with Gasteiger partial charge in [0.05, 0.1) is 31.2 Å². The summed E-state index contributed by atoms with van der Waals surface area (Å²) in [5, 5.41) is 2.92. The van der Waals surface area contributed by atoms with Crippen LogP contribution >= 0.6 is 0 Å². The molecule has 1 N–H and O–H groups in total. The Morgan fingerprint density at radius 3 is 2.18 bits per heavy atom. The van der Waals surface area contributed by atoms with Crippen molar-refractivity contribution in [1.82, 2.24) is 14.4 Å². The Labute approximate surface area is 228 Å². The summed E-state index contributed by atoms with van der Waals surface area (Å²) < 4.78 is 12.9. The topological polar surface area (TPSA) is 76.0 Å². The van der Waals surface area contributed by atoms with E-state index in [-0.39, 0.29) is 11.9 Å². The van der Waals surface area contributed by atoms with Crippen molar-refractivity contribution in [3.05, 3.63) is 96.2 Å². The van der Waals surface area contributed by atoms with E-state index in [1.54, 1.807) is 31.3 Å². The lowest BCUT2D eigenvalue weighted by Crippen LogP contribution is -2.51. The SMILES string of the molecule is COc1cccc(-n2c(-c3ccccc3)cc(C(=O)N3CCN(C(=O)Nc4ccccc4OC)CC3)c2C)c1. The minimum absolute atomic E-state index is 0.0453. The van der Waals surface area contributed by atoms with E-state index in [4.69, 9.17) is 9.47 Å². The molecule has 0 spiro atoms. The summed E-state index contributed by atoms with van der Waals surface area (Å²) >= 11 is 0. The van der Waals surface area contributed by atoms with E-state index in [1.807, 2.05) is 84.6 Å². The largest absolute Gasteiger partial charge is 0.497 e. The fraction of sp³-hybridized carbons (Fsp3) is 0.226. The number of nitrogens with one attached hydrogen (secondary N) is 1. The second kappa shape index (κ2) is 11.3. The molecule has 200 valence electrons. The Bertz CT molecular complexity index is 1470. The third kappa shape index (κ3) is 5.31. The molecule has 3 aromatic carbocycles. The Morgan fingerprint density at radius 1 is 0.769 bits per heavy atom. The highest BCUT2D eigenvalue weighted by molar-refractivity contribution is 5.98. The molecular formula is C31H32N4O4. The zero-order chi connectivity index (χ0) is 27.4. The number of nitrogens with zero attached hydrogens (tertiary/aromatic N) is 3. The summed E-state index contributed by atoms with van der Waals surface area (Å²) in [7, 11) is 3.22. The van der Waals surface area contributed by atoms with Crippen molar-refractivity contribution in [3.63, 3.8) is 0 Å². The van der Waals surface area contributed by atoms with Gasteiger partial charge < -0.3 is 29.2 Å². The summed E-state index contributed by atoms with van der Waals surface area (Å²) in [5.74, 6) is 1.30. The average Bonchev–Trinajstić information content (AvgIpc) is 3.34. The van der Waals surface area contributed by atoms with Crippen molar-refractivity contribution in [2.45, 2.75) is 6.92 Å². The molecule has 0 unspecified atom stereocenters. The number of carbonyl (C=O) groups excluding carboxylic acids is 2. The zero-order valence-corrected chi connectivity index (χ0v) is 22.4. The molecule has 1 aliphatic heterocycles. The molecule has 0 bridgehead atoms. The minimum atomic E-state index is -0.210. The van der Waals surface area contributed by atoms with Gasteiger partial charge in [-0.15, -0.1) is 0 Å². The van der Waals surface area contributed by atoms with Gasteiger partial charge in [0.1, 0.15) is 11.5 Å². The normalized spacial score (nSPS) is 13.2. The van der Waals surface area contributed by atoms with Crippen LogP contribution in [0.4, 0.5) is 10.5 Å². The molecule has 8 nitrogen and oxygen atoms in total. The molecule has 1 fully saturated rings. The second-order valence-corrected chi connectivity index (χ2v) is 9.34. The summed E-state index contributed by atoms with van der Waals surface area (Å²) in [4.78, 5) is 30.2. The van der Waals surface area contributed by atoms with Crippen molar-refractivity contribution in [3.8, 4) is 28.4 Å². The number of hydrogen-bond acceptors (Lipinski definition) is 4. The van der Waals surface area contributed by atoms with Crippen molar-refractivity contribution in [2.24, 2.45) is 0 Å². The number of carbonyl (C=O) groups is 2. The van der Waals surface area contributed by atoms with Crippen LogP contribution in [0.15, 0.2) is 84.9 Å². The van der Waals surface area contributed by atoms with Crippen LogP contribution in [0, 0.1) is 6.92 Å². The summed E-state index contributed by atoms with van der Waals surface area (Å²) in [6.45, 7) is 3.74. The van der Waals surface area contributed by atoms with Crippen molar-refractivity contribution in [1.29, 1.82) is 0 Å². The fourth-order valence-corrected chi connectivity index (χ4v) is 4.95. The van der Waals surface area contributed by atoms with Gasteiger partial charge in [-0.1, -0.05) is 48.5 Å². The van der Waals surface area contributed by atoms with E-state index >= 15 is 0 Å². The number of ether oxygens (including phenoxy) is 2. The van der Waals surface area contributed by atoms with Crippen molar-refractivity contribution >= 4 is 17.6 Å². The van der Waals surface area contributed by atoms with Gasteiger partial charge >= 0.3 is 6.03 Å². The molecule has 1 saturated heterocycles. The summed E-state index contributed by atoms with van der Waals surface area (Å²) in [6, 6.07) is 26.9. The van der Waals surface area contributed by atoms with Crippen LogP contribution in [0.1, 0.15) is 16.1 Å². The van der Waals surface area contributed by atoms with E-state index in [0.717, 1.165) is 28.4 Å². The lowest BCUT2D eigenvalue weighted by Gasteiger charge is -2.34. The number of benzene rings is 3. The van der Waals surface area contributed by atoms with Crippen LogP contribution in [0.5, 0.6) is 11.5 Å². The first-order chi connectivity index (χ1) is 19.0. The van der Waals surface area contributed by atoms with E-state index in [1.165, 1.54) is 0 Å². The smallest absolute Gasteiger partial charge is 0.322 e. The number of hydrogen-bond donors (Lipinski definition) is 1. The number of aromatic nitrogens is 1. The molecule has 8 heteroatoms. The first-order valence-electron chi connectivity index (χ1n) is 12.9. The lowest BCUT2D eigenvalue weighted by molar-refractivity contribution is 0.0671. The van der Waals surface area contributed by atoms with E-state index in [9.17, 15) is 9.59 Å². The maximum absolute atomic E-state index is 13.8. The van der Waals surface area contributed by atoms with Gasteiger partial charge in [0, 0.05) is 43.6 Å². The van der Waals surface area contributed by atoms with Gasteiger partial charge in [-0.25, -0.2) is 4.79 Å². The van der Waals surface area contributed by atoms with Crippen LogP contribution in [0.2, 0.25) is 0 Å². The molecule has 0 aliphatic carbocycles. The standard InChI is InChI=1S/C31H32N4O4/c1-22-26(21-28(23-10-5-4-6-11-23)35(22)24-12-9-13-25(20-24)38-2)30(36)33-16-18-34(19-17-33)31(37)32-27-14-7-8-15-29(27)39-3/h4-15,20-21H,16-19H2,1-3H3,(H,32,37). The van der Waals surface area contributed by atoms with Crippen LogP contribution < -0.4 is 14.8 Å². The highest BCUT2D eigenvalue weighted by Crippen LogP contribution is 2.32. The number of piperazine rings is 1. The third-order valence-electron chi connectivity index (χ3n) is 7.06. The van der Waals surface area contributed by atoms with Crippen molar-refractivity contribution < 1.29 is 19.1 Å². The minimum Gasteiger partial charge on any atom is -0.497 e. The predicted molar refractivity (Wildman–Crippen MR) is 152 cm³/mol. The molecule has 0 radical (unpaired) electrons. The van der Waals surface area contributed by atoms with Gasteiger partial charge in [0.25, 0.3) is 5.91 Å². The third-order valence-corrected chi connectivity index (χ3v) is 7.06. The molecule has 0 saturated carbocycles. The van der Waals surface area contributed by atoms with Gasteiger partial charge in [-0.05, 0) is 42.8 Å². The van der Waals surface area contributed by atoms with Gasteiger partial charge in [0.15, 0.2) is 0 Å². The first-order valence-corrected chi connectivity index (χ1v) is 12.9. The molecule has 3 amide bonds. The van der Waals surface area contributed by atoms with Gasteiger partial charge in [-0.3, -0.25) is 4.79 Å². The number of para-hydroxylation sites is 2. The quantitative estimate of drug-likeness (QED) is 0.364. The number of rotatable bonds is 6. The van der Waals surface area contributed by atoms with E-state index in [2.05, 4.69) is 9.88 Å². The van der Waals surface area contributed by atoms with Crippen LogP contribution in [0.25, 0.3) is 16.9 Å². The average molecular weight is 525 g/mol. The Balaban J connectivity index is 1.36. The summed E-state index contributed by atoms with van der Waals surface area (Å²) in [6.07, 6.45) is 0. The van der Waals surface area contributed by atoms with Crippen LogP contribution in [0.3, 0.4) is 0 Å². The Morgan fingerprint density at radius 2 is 1.46 bits per heavy atom. The molecule has 1 aliphatic rings. The molecule has 0 atom stereocenters. The number of methoxy groups -OCH3 is 2. The van der Waals surface area contributed by atoms with E-state index < -0.39 is 0 Å². The first kappa shape index (κ1) is 25.9. The highest BCUT2D eigenvalue weighted by atomic mass is 16.5. The van der Waals surface area contributed by atoms with E-state index in [0.29, 0.717) is 43.2 Å². The van der Waals surface area contributed by atoms with Gasteiger partial charge in [-0.2, -0.15) is 0 Å². The summed E-state index contributed by atoms with van der Waals surface area (Å²) in [5.41, 5.74) is 4.97. The van der Waals surface area contributed by atoms with Crippen LogP contribution in [-0.2, 0) is 0 Å². The molecule has 4 aromatic rings. The molecule has 1 aromatic heterocycles. The number of anilines is 1. The zero-order valence-electron chi connectivity index (χ0n) is 22.4. The van der Waals surface area contributed by atoms with Crippen LogP contribution in [-0.4, -0.2) is 66.7 Å².